The van der Waals surface area contributed by atoms with E-state index >= 15 is 0 Å². The quantitative estimate of drug-likeness (QED) is 0.367. The van der Waals surface area contributed by atoms with E-state index in [9.17, 15) is 25.5 Å². The Hall–Kier alpha value is -2.86. The molecule has 5 N–H and O–H groups in total. The molecule has 22 heavy (non-hydrogen) atoms. The summed E-state index contributed by atoms with van der Waals surface area (Å²) in [6.07, 6.45) is 0. The van der Waals surface area contributed by atoms with E-state index < -0.39 is 28.7 Å². The van der Waals surface area contributed by atoms with E-state index in [2.05, 4.69) is 0 Å². The van der Waals surface area contributed by atoms with Crippen molar-refractivity contribution in [2.75, 3.05) is 0 Å². The zero-order chi connectivity index (χ0) is 15.9. The maximum Gasteiger partial charge on any atom is 0.208 e. The van der Waals surface area contributed by atoms with E-state index in [1.165, 1.54) is 0 Å². The summed E-state index contributed by atoms with van der Waals surface area (Å²) in [5, 5.41) is 50.3. The Kier molecular flexibility index (Phi) is 3.30. The normalized spacial score (nSPS) is 10.7. The van der Waals surface area contributed by atoms with Gasteiger partial charge in [0.25, 0.3) is 0 Å². The summed E-state index contributed by atoms with van der Waals surface area (Å²) in [4.78, 5) is 1.07. The van der Waals surface area contributed by atoms with Gasteiger partial charge in [0.05, 0.1) is 5.56 Å². The number of phenolic OH excluding ortho intramolecular Hbond substituents is 5. The van der Waals surface area contributed by atoms with Gasteiger partial charge in [0.1, 0.15) is 0 Å². The molecule has 0 aliphatic carbocycles. The summed E-state index contributed by atoms with van der Waals surface area (Å²) in [6.45, 7) is 0. The summed E-state index contributed by atoms with van der Waals surface area (Å²) in [5.74, 6) is -4.12. The average molecular weight is 316 g/mol. The Bertz CT molecular complexity index is 794. The van der Waals surface area contributed by atoms with Crippen molar-refractivity contribution in [3.63, 3.8) is 0 Å². The molecule has 0 radical (unpaired) electrons. The van der Waals surface area contributed by atoms with Crippen molar-refractivity contribution in [3.8, 4) is 50.3 Å². The van der Waals surface area contributed by atoms with Gasteiger partial charge in [-0.1, -0.05) is 30.3 Å². The minimum absolute atomic E-state index is 0.148. The largest absolute Gasteiger partial charge is 0.504 e. The molecule has 1 heterocycles. The van der Waals surface area contributed by atoms with Gasteiger partial charge in [0.15, 0.2) is 11.5 Å². The lowest BCUT2D eigenvalue weighted by Gasteiger charge is -2.12. The molecule has 0 aliphatic heterocycles. The SMILES string of the molecule is Oc1c(O)c(O)c(-c2ccc(-c3cccs3)cc2)c(O)c1O. The van der Waals surface area contributed by atoms with Crippen molar-refractivity contribution in [2.45, 2.75) is 0 Å². The predicted molar refractivity (Wildman–Crippen MR) is 83.5 cm³/mol. The van der Waals surface area contributed by atoms with Crippen LogP contribution in [0.2, 0.25) is 0 Å². The molecule has 0 bridgehead atoms. The minimum Gasteiger partial charge on any atom is -0.504 e. The maximum atomic E-state index is 9.91. The molecule has 5 nitrogen and oxygen atoms in total. The number of rotatable bonds is 2. The second-order valence-electron chi connectivity index (χ2n) is 4.67. The molecule has 0 atom stereocenters. The van der Waals surface area contributed by atoms with Gasteiger partial charge in [-0.15, -0.1) is 11.3 Å². The fraction of sp³-hybridized carbons (Fsp3) is 0. The molecule has 0 aliphatic rings. The summed E-state index contributed by atoms with van der Waals surface area (Å²) >= 11 is 1.58. The highest BCUT2D eigenvalue weighted by molar-refractivity contribution is 7.13. The van der Waals surface area contributed by atoms with Crippen LogP contribution in [0.5, 0.6) is 28.7 Å². The molecule has 0 saturated carbocycles. The highest BCUT2D eigenvalue weighted by Crippen LogP contribution is 2.54. The first-order valence-electron chi connectivity index (χ1n) is 6.33. The van der Waals surface area contributed by atoms with Crippen LogP contribution in [0.4, 0.5) is 0 Å². The highest BCUT2D eigenvalue weighted by atomic mass is 32.1. The molecular formula is C16H12O5S. The van der Waals surface area contributed by atoms with Crippen LogP contribution in [0.15, 0.2) is 41.8 Å². The van der Waals surface area contributed by atoms with Crippen LogP contribution in [0.25, 0.3) is 21.6 Å². The summed E-state index contributed by atoms with van der Waals surface area (Å²) in [6, 6.07) is 10.8. The van der Waals surface area contributed by atoms with Crippen molar-refractivity contribution in [3.05, 3.63) is 41.8 Å². The van der Waals surface area contributed by atoms with Crippen molar-refractivity contribution in [1.82, 2.24) is 0 Å². The fourth-order valence-corrected chi connectivity index (χ4v) is 2.94. The second-order valence-corrected chi connectivity index (χ2v) is 5.62. The zero-order valence-electron chi connectivity index (χ0n) is 11.2. The Labute approximate surface area is 129 Å². The maximum absolute atomic E-state index is 9.91. The Balaban J connectivity index is 2.13. The van der Waals surface area contributed by atoms with Gasteiger partial charge in [-0.25, -0.2) is 0 Å². The second kappa shape index (κ2) is 5.16. The third-order valence-corrected chi connectivity index (χ3v) is 4.27. The lowest BCUT2D eigenvalue weighted by atomic mass is 10.00. The van der Waals surface area contributed by atoms with Crippen molar-refractivity contribution in [1.29, 1.82) is 0 Å². The Morgan fingerprint density at radius 1 is 0.591 bits per heavy atom. The van der Waals surface area contributed by atoms with E-state index in [0.717, 1.165) is 10.4 Å². The number of phenols is 5. The molecule has 0 unspecified atom stereocenters. The van der Waals surface area contributed by atoms with Crippen LogP contribution in [0, 0.1) is 0 Å². The van der Waals surface area contributed by atoms with Gasteiger partial charge in [-0.05, 0) is 22.6 Å². The number of benzene rings is 2. The molecule has 0 amide bonds. The van der Waals surface area contributed by atoms with E-state index in [-0.39, 0.29) is 5.56 Å². The van der Waals surface area contributed by atoms with Crippen molar-refractivity contribution in [2.24, 2.45) is 0 Å². The average Bonchev–Trinajstić information content (AvgIpc) is 3.06. The zero-order valence-corrected chi connectivity index (χ0v) is 12.0. The third-order valence-electron chi connectivity index (χ3n) is 3.35. The Morgan fingerprint density at radius 2 is 1.09 bits per heavy atom. The molecule has 0 fully saturated rings. The van der Waals surface area contributed by atoms with E-state index in [1.807, 2.05) is 17.5 Å². The predicted octanol–water partition coefficient (Wildman–Crippen LogP) is 3.61. The molecule has 6 heteroatoms. The van der Waals surface area contributed by atoms with E-state index in [1.54, 1.807) is 35.6 Å². The summed E-state index contributed by atoms with van der Waals surface area (Å²) in [5.41, 5.74) is 1.20. The van der Waals surface area contributed by atoms with Crippen LogP contribution >= 0.6 is 11.3 Å². The molecule has 3 rings (SSSR count). The van der Waals surface area contributed by atoms with E-state index in [0.29, 0.717) is 5.56 Å². The number of hydrogen-bond acceptors (Lipinski definition) is 6. The van der Waals surface area contributed by atoms with Crippen LogP contribution in [0.3, 0.4) is 0 Å². The third kappa shape index (κ3) is 2.10. The lowest BCUT2D eigenvalue weighted by Crippen LogP contribution is -1.84. The van der Waals surface area contributed by atoms with Crippen molar-refractivity contribution >= 4 is 11.3 Å². The van der Waals surface area contributed by atoms with Gasteiger partial charge >= 0.3 is 0 Å². The van der Waals surface area contributed by atoms with Crippen LogP contribution in [-0.2, 0) is 0 Å². The first-order valence-corrected chi connectivity index (χ1v) is 7.21. The first-order chi connectivity index (χ1) is 10.5. The molecule has 0 spiro atoms. The number of hydrogen-bond donors (Lipinski definition) is 5. The van der Waals surface area contributed by atoms with Gasteiger partial charge in [0.2, 0.25) is 17.2 Å². The first kappa shape index (κ1) is 14.1. The van der Waals surface area contributed by atoms with Gasteiger partial charge < -0.3 is 25.5 Å². The number of thiophene rings is 1. The minimum atomic E-state index is -0.964. The topological polar surface area (TPSA) is 101 Å². The molecule has 112 valence electrons. The molecular weight excluding hydrogens is 304 g/mol. The number of aromatic hydroxyl groups is 5. The van der Waals surface area contributed by atoms with Gasteiger partial charge in [0, 0.05) is 4.88 Å². The Morgan fingerprint density at radius 3 is 1.59 bits per heavy atom. The summed E-state index contributed by atoms with van der Waals surface area (Å²) in [7, 11) is 0. The standard InChI is InChI=1S/C16H12O5S/c17-12-11(13(18)15(20)16(21)14(12)19)9-5-3-8(4-6-9)10-2-1-7-22-10/h1-7,17-21H. The fourth-order valence-electron chi connectivity index (χ4n) is 2.20. The van der Waals surface area contributed by atoms with Crippen LogP contribution in [0.1, 0.15) is 0 Å². The lowest BCUT2D eigenvalue weighted by molar-refractivity contribution is 0.330. The van der Waals surface area contributed by atoms with Gasteiger partial charge in [-0.2, -0.15) is 0 Å². The monoisotopic (exact) mass is 316 g/mol. The van der Waals surface area contributed by atoms with Crippen LogP contribution in [-0.4, -0.2) is 25.5 Å². The summed E-state index contributed by atoms with van der Waals surface area (Å²) < 4.78 is 0. The molecule has 1 aromatic heterocycles. The molecule has 3 aromatic rings. The van der Waals surface area contributed by atoms with E-state index in [4.69, 9.17) is 0 Å². The smallest absolute Gasteiger partial charge is 0.208 e. The van der Waals surface area contributed by atoms with Crippen LogP contribution < -0.4 is 0 Å². The molecule has 2 aromatic carbocycles. The van der Waals surface area contributed by atoms with Crippen molar-refractivity contribution < 1.29 is 25.5 Å². The highest BCUT2D eigenvalue weighted by Gasteiger charge is 2.24. The van der Waals surface area contributed by atoms with Gasteiger partial charge in [-0.3, -0.25) is 0 Å². The molecule has 0 saturated heterocycles.